The summed E-state index contributed by atoms with van der Waals surface area (Å²) in [4.78, 5) is 2.25. The van der Waals surface area contributed by atoms with Gasteiger partial charge in [0.2, 0.25) is 0 Å². The first kappa shape index (κ1) is 23.2. The molecular formula is C17H35N2NaS2. The van der Waals surface area contributed by atoms with E-state index in [1.165, 1.54) is 64.2 Å². The van der Waals surface area contributed by atoms with Crippen molar-refractivity contribution in [1.82, 2.24) is 10.2 Å². The molecular weight excluding hydrogens is 319 g/mol. The van der Waals surface area contributed by atoms with Gasteiger partial charge in [-0.15, -0.1) is 12.6 Å². The quantitative estimate of drug-likeness (QED) is 0.448. The molecule has 0 aromatic rings. The number of nitrogens with one attached hydrogen (secondary N) is 1. The van der Waals surface area contributed by atoms with Gasteiger partial charge in [0, 0.05) is 18.6 Å². The van der Waals surface area contributed by atoms with E-state index in [1.54, 1.807) is 0 Å². The molecule has 2 fully saturated rings. The molecule has 5 heteroatoms. The Morgan fingerprint density at radius 1 is 1.00 bits per heavy atom. The van der Waals surface area contributed by atoms with E-state index in [-0.39, 0.29) is 29.6 Å². The zero-order valence-corrected chi connectivity index (χ0v) is 15.7. The van der Waals surface area contributed by atoms with Gasteiger partial charge in [-0.1, -0.05) is 57.7 Å². The summed E-state index contributed by atoms with van der Waals surface area (Å²) in [7, 11) is 0. The molecule has 2 aliphatic carbocycles. The predicted octanol–water partition coefficient (Wildman–Crippen LogP) is 4.14. The van der Waals surface area contributed by atoms with E-state index in [0.717, 1.165) is 23.5 Å². The summed E-state index contributed by atoms with van der Waals surface area (Å²) in [6.45, 7) is 6.49. The molecule has 0 aliphatic heterocycles. The summed E-state index contributed by atoms with van der Waals surface area (Å²) in [6, 6.07) is 1.53. The van der Waals surface area contributed by atoms with Crippen LogP contribution in [0.25, 0.3) is 0 Å². The van der Waals surface area contributed by atoms with Crippen LogP contribution in [0.15, 0.2) is 0 Å². The summed E-state index contributed by atoms with van der Waals surface area (Å²) in [6.07, 6.45) is 13.9. The van der Waals surface area contributed by atoms with Gasteiger partial charge in [0.1, 0.15) is 4.32 Å². The van der Waals surface area contributed by atoms with Crippen LogP contribution in [-0.2, 0) is 0 Å². The van der Waals surface area contributed by atoms with Crippen molar-refractivity contribution >= 4 is 58.7 Å². The van der Waals surface area contributed by atoms with Gasteiger partial charge < -0.3 is 10.2 Å². The molecule has 126 valence electrons. The molecule has 0 aromatic heterocycles. The van der Waals surface area contributed by atoms with Crippen LogP contribution in [0.5, 0.6) is 0 Å². The monoisotopic (exact) mass is 354 g/mol. The molecule has 0 bridgehead atoms. The third kappa shape index (κ3) is 9.48. The van der Waals surface area contributed by atoms with Crippen LogP contribution in [0, 0.1) is 0 Å². The molecule has 0 heterocycles. The van der Waals surface area contributed by atoms with Crippen LogP contribution < -0.4 is 5.32 Å². The molecule has 0 radical (unpaired) electrons. The third-order valence-electron chi connectivity index (χ3n) is 4.70. The third-order valence-corrected chi connectivity index (χ3v) is 5.19. The summed E-state index contributed by atoms with van der Waals surface area (Å²) in [5, 5.41) is 3.48. The maximum absolute atomic E-state index is 5.09. The summed E-state index contributed by atoms with van der Waals surface area (Å²) in [5.41, 5.74) is 0. The Morgan fingerprint density at radius 2 is 1.50 bits per heavy atom. The Kier molecular flexibility index (Phi) is 15.3. The topological polar surface area (TPSA) is 15.3 Å². The van der Waals surface area contributed by atoms with Crippen LogP contribution in [0.1, 0.15) is 78.1 Å². The number of thiol groups is 1. The van der Waals surface area contributed by atoms with Crippen LogP contribution >= 0.6 is 24.8 Å². The SMILES string of the molecule is CCN(C(=S)S)C1CCCCC1.CCNC1CCCCC1.[NaH]. The minimum atomic E-state index is 0. The summed E-state index contributed by atoms with van der Waals surface area (Å²) < 4.78 is 0.768. The molecule has 0 aromatic carbocycles. The van der Waals surface area contributed by atoms with Gasteiger partial charge in [0.15, 0.2) is 0 Å². The van der Waals surface area contributed by atoms with Crippen LogP contribution in [0.4, 0.5) is 0 Å². The van der Waals surface area contributed by atoms with Crippen LogP contribution in [0.2, 0.25) is 0 Å². The molecule has 0 unspecified atom stereocenters. The normalized spacial score (nSPS) is 19.6. The predicted molar refractivity (Wildman–Crippen MR) is 109 cm³/mol. The molecule has 2 aliphatic rings. The molecule has 2 rings (SSSR count). The van der Waals surface area contributed by atoms with Crippen molar-refractivity contribution < 1.29 is 0 Å². The summed E-state index contributed by atoms with van der Waals surface area (Å²) in [5.74, 6) is 0. The Hall–Kier alpha value is 1.20. The molecule has 0 saturated heterocycles. The standard InChI is InChI=1S/C9H17NS2.C8H17N.Na.H/c1-2-10(9(11)12)8-6-4-3-5-7-8;1-2-9-8-6-4-3-5-7-8;;/h8H,2-7H2,1H3,(H,11,12);8-9H,2-7H2,1H3;;. The molecule has 2 saturated carbocycles. The van der Waals surface area contributed by atoms with E-state index in [9.17, 15) is 0 Å². The molecule has 0 amide bonds. The van der Waals surface area contributed by atoms with Gasteiger partial charge in [-0.25, -0.2) is 0 Å². The van der Waals surface area contributed by atoms with Crippen molar-refractivity contribution in [2.24, 2.45) is 0 Å². The Balaban J connectivity index is 0.000000397. The number of nitrogens with zero attached hydrogens (tertiary/aromatic N) is 1. The van der Waals surface area contributed by atoms with Crippen LogP contribution in [0.3, 0.4) is 0 Å². The first-order valence-corrected chi connectivity index (χ1v) is 9.77. The second kappa shape index (κ2) is 14.5. The molecule has 0 atom stereocenters. The number of rotatable bonds is 4. The van der Waals surface area contributed by atoms with Crippen molar-refractivity contribution in [3.8, 4) is 0 Å². The fourth-order valence-electron chi connectivity index (χ4n) is 3.54. The van der Waals surface area contributed by atoms with Gasteiger partial charge >= 0.3 is 29.6 Å². The van der Waals surface area contributed by atoms with Crippen molar-refractivity contribution in [1.29, 1.82) is 0 Å². The van der Waals surface area contributed by atoms with Gasteiger partial charge in [0.25, 0.3) is 0 Å². The van der Waals surface area contributed by atoms with E-state index < -0.39 is 0 Å². The first-order chi connectivity index (χ1) is 10.2. The molecule has 1 N–H and O–H groups in total. The maximum atomic E-state index is 5.09. The first-order valence-electron chi connectivity index (χ1n) is 8.92. The summed E-state index contributed by atoms with van der Waals surface area (Å²) >= 11 is 9.33. The minimum absolute atomic E-state index is 0. The zero-order valence-electron chi connectivity index (χ0n) is 13.9. The number of thiocarbonyl (C=S) groups is 1. The van der Waals surface area contributed by atoms with Crippen molar-refractivity contribution in [3.05, 3.63) is 0 Å². The van der Waals surface area contributed by atoms with Gasteiger partial charge in [-0.05, 0) is 39.2 Å². The van der Waals surface area contributed by atoms with E-state index in [0.29, 0.717) is 6.04 Å². The van der Waals surface area contributed by atoms with E-state index >= 15 is 0 Å². The fraction of sp³-hybridized carbons (Fsp3) is 0.941. The van der Waals surface area contributed by atoms with Gasteiger partial charge in [-0.3, -0.25) is 0 Å². The number of hydrogen-bond donors (Lipinski definition) is 2. The zero-order chi connectivity index (χ0) is 15.5. The van der Waals surface area contributed by atoms with E-state index in [4.69, 9.17) is 12.2 Å². The van der Waals surface area contributed by atoms with Crippen LogP contribution in [-0.4, -0.2) is 64.0 Å². The Bertz CT molecular complexity index is 275. The molecule has 2 nitrogen and oxygen atoms in total. The van der Waals surface area contributed by atoms with Gasteiger partial charge in [0.05, 0.1) is 0 Å². The van der Waals surface area contributed by atoms with Crippen molar-refractivity contribution in [2.45, 2.75) is 90.1 Å². The van der Waals surface area contributed by atoms with E-state index in [1.807, 2.05) is 0 Å². The Morgan fingerprint density at radius 3 is 1.91 bits per heavy atom. The second-order valence-corrected chi connectivity index (χ2v) is 7.37. The second-order valence-electron chi connectivity index (χ2n) is 6.25. The Labute approximate surface area is 171 Å². The molecule has 0 spiro atoms. The van der Waals surface area contributed by atoms with Crippen molar-refractivity contribution in [3.63, 3.8) is 0 Å². The fourth-order valence-corrected chi connectivity index (χ4v) is 4.12. The van der Waals surface area contributed by atoms with E-state index in [2.05, 4.69) is 36.7 Å². The molecule has 22 heavy (non-hydrogen) atoms. The number of hydrogen-bond acceptors (Lipinski definition) is 2. The van der Waals surface area contributed by atoms with Crippen molar-refractivity contribution in [2.75, 3.05) is 13.1 Å². The average molecular weight is 355 g/mol. The van der Waals surface area contributed by atoms with Gasteiger partial charge in [-0.2, -0.15) is 0 Å². The average Bonchev–Trinajstić information content (AvgIpc) is 2.51.